The zero-order valence-corrected chi connectivity index (χ0v) is 9.13. The predicted molar refractivity (Wildman–Crippen MR) is 51.7 cm³/mol. The molecule has 3 nitrogen and oxygen atoms in total. The molecule has 72 valence electrons. The van der Waals surface area contributed by atoms with E-state index in [0.717, 1.165) is 37.5 Å². The van der Waals surface area contributed by atoms with Gasteiger partial charge in [0.05, 0.1) is 12.3 Å². The van der Waals surface area contributed by atoms with Crippen LogP contribution in [0.3, 0.4) is 0 Å². The van der Waals surface area contributed by atoms with Crippen LogP contribution in [0.1, 0.15) is 30.2 Å². The number of rotatable bonds is 1. The van der Waals surface area contributed by atoms with E-state index in [9.17, 15) is 0 Å². The van der Waals surface area contributed by atoms with Crippen molar-refractivity contribution in [1.29, 1.82) is 0 Å². The molecule has 1 aromatic heterocycles. The van der Waals surface area contributed by atoms with E-state index in [0.29, 0.717) is 10.7 Å². The second kappa shape index (κ2) is 3.80. The molecule has 4 heteroatoms. The number of hydrogen-bond donors (Lipinski definition) is 0. The Kier molecular flexibility index (Phi) is 2.69. The molecule has 0 saturated carbocycles. The Balaban J connectivity index is 2.18. The van der Waals surface area contributed by atoms with Crippen molar-refractivity contribution >= 4 is 15.9 Å². The molecule has 13 heavy (non-hydrogen) atoms. The lowest BCUT2D eigenvalue weighted by Gasteiger charge is -2.20. The Morgan fingerprint density at radius 2 is 2.38 bits per heavy atom. The van der Waals surface area contributed by atoms with E-state index >= 15 is 0 Å². The highest BCUT2D eigenvalue weighted by Crippen LogP contribution is 2.28. The Bertz CT molecular complexity index is 292. The molecule has 1 fully saturated rings. The van der Waals surface area contributed by atoms with Gasteiger partial charge in [-0.3, -0.25) is 0 Å². The predicted octanol–water partition coefficient (Wildman–Crippen LogP) is 2.64. The van der Waals surface area contributed by atoms with Gasteiger partial charge in [0.25, 0.3) is 4.80 Å². The minimum atomic E-state index is 0.420. The monoisotopic (exact) mass is 245 g/mol. The summed E-state index contributed by atoms with van der Waals surface area (Å²) in [5.74, 6) is 1.33. The Hall–Kier alpha value is -0.350. The van der Waals surface area contributed by atoms with E-state index in [4.69, 9.17) is 9.15 Å². The molecule has 0 aromatic carbocycles. The van der Waals surface area contributed by atoms with Crippen LogP contribution in [0.4, 0.5) is 0 Å². The molecule has 1 atom stereocenters. The summed E-state index contributed by atoms with van der Waals surface area (Å²) in [6.45, 7) is 3.61. The average molecular weight is 246 g/mol. The molecule has 2 heterocycles. The van der Waals surface area contributed by atoms with Crippen LogP contribution in [0.25, 0.3) is 0 Å². The zero-order chi connectivity index (χ0) is 9.26. The van der Waals surface area contributed by atoms with Crippen LogP contribution in [0.2, 0.25) is 0 Å². The maximum atomic E-state index is 5.40. The maximum absolute atomic E-state index is 5.40. The third-order valence-corrected chi connectivity index (χ3v) is 2.69. The largest absolute Gasteiger partial charge is 0.436 e. The number of hydrogen-bond acceptors (Lipinski definition) is 3. The summed E-state index contributed by atoms with van der Waals surface area (Å²) >= 11 is 3.23. The summed E-state index contributed by atoms with van der Waals surface area (Å²) in [7, 11) is 0. The molecule has 0 aliphatic carbocycles. The maximum Gasteiger partial charge on any atom is 0.264 e. The number of oxazole rings is 1. The van der Waals surface area contributed by atoms with E-state index in [2.05, 4.69) is 20.9 Å². The highest BCUT2D eigenvalue weighted by atomic mass is 79.9. The van der Waals surface area contributed by atoms with Gasteiger partial charge in [-0.05, 0) is 19.8 Å². The van der Waals surface area contributed by atoms with Gasteiger partial charge in [-0.15, -0.1) is 0 Å². The number of nitrogens with zero attached hydrogens (tertiary/aromatic N) is 1. The lowest BCUT2D eigenvalue weighted by atomic mass is 9.98. The molecule has 0 bridgehead atoms. The normalized spacial score (nSPS) is 23.4. The summed E-state index contributed by atoms with van der Waals surface area (Å²) in [6.07, 6.45) is 2.27. The van der Waals surface area contributed by atoms with Gasteiger partial charge in [-0.2, -0.15) is 0 Å². The van der Waals surface area contributed by atoms with Crippen LogP contribution < -0.4 is 0 Å². The van der Waals surface area contributed by atoms with Crippen molar-refractivity contribution in [3.05, 3.63) is 16.3 Å². The topological polar surface area (TPSA) is 35.3 Å². The molecule has 1 unspecified atom stereocenters. The smallest absolute Gasteiger partial charge is 0.264 e. The van der Waals surface area contributed by atoms with Crippen molar-refractivity contribution in [1.82, 2.24) is 4.98 Å². The molecule has 2 rings (SSSR count). The van der Waals surface area contributed by atoms with Crippen LogP contribution in [0.15, 0.2) is 9.22 Å². The van der Waals surface area contributed by atoms with Gasteiger partial charge >= 0.3 is 0 Å². The zero-order valence-electron chi connectivity index (χ0n) is 7.55. The molecule has 0 radical (unpaired) electrons. The molecule has 0 N–H and O–H groups in total. The van der Waals surface area contributed by atoms with Crippen molar-refractivity contribution in [3.8, 4) is 0 Å². The van der Waals surface area contributed by atoms with E-state index < -0.39 is 0 Å². The molecular formula is C9H12BrNO2. The summed E-state index contributed by atoms with van der Waals surface area (Å²) in [4.78, 5) is 4.88. The van der Waals surface area contributed by atoms with Crippen LogP contribution in [0, 0.1) is 6.92 Å². The molecule has 0 amide bonds. The van der Waals surface area contributed by atoms with Gasteiger partial charge in [0, 0.05) is 28.5 Å². The standard InChI is InChI=1S/C9H12BrNO2/c1-6-8(11-9(10)13-6)7-3-2-4-12-5-7/h7H,2-5H2,1H3. The molecular weight excluding hydrogens is 234 g/mol. The van der Waals surface area contributed by atoms with Gasteiger partial charge in [0.2, 0.25) is 0 Å². The van der Waals surface area contributed by atoms with E-state index in [1.165, 1.54) is 0 Å². The van der Waals surface area contributed by atoms with Crippen LogP contribution in [-0.4, -0.2) is 18.2 Å². The van der Waals surface area contributed by atoms with Gasteiger partial charge in [-0.25, -0.2) is 4.98 Å². The molecule has 1 aromatic rings. The van der Waals surface area contributed by atoms with E-state index in [1.54, 1.807) is 0 Å². The molecule has 0 spiro atoms. The second-order valence-electron chi connectivity index (χ2n) is 3.32. The van der Waals surface area contributed by atoms with E-state index in [1.807, 2.05) is 6.92 Å². The first-order valence-electron chi connectivity index (χ1n) is 4.48. The quantitative estimate of drug-likeness (QED) is 0.764. The third-order valence-electron chi connectivity index (χ3n) is 2.35. The Labute approximate surface area is 85.6 Å². The lowest BCUT2D eigenvalue weighted by Crippen LogP contribution is -2.16. The third kappa shape index (κ3) is 1.94. The van der Waals surface area contributed by atoms with Crippen molar-refractivity contribution in [3.63, 3.8) is 0 Å². The van der Waals surface area contributed by atoms with Gasteiger partial charge in [0.15, 0.2) is 0 Å². The Morgan fingerprint density at radius 3 is 2.92 bits per heavy atom. The lowest BCUT2D eigenvalue weighted by molar-refractivity contribution is 0.0790. The number of halogens is 1. The van der Waals surface area contributed by atoms with E-state index in [-0.39, 0.29) is 0 Å². The molecule has 1 aliphatic rings. The van der Waals surface area contributed by atoms with Gasteiger partial charge < -0.3 is 9.15 Å². The highest BCUT2D eigenvalue weighted by Gasteiger charge is 2.21. The van der Waals surface area contributed by atoms with Crippen LogP contribution in [-0.2, 0) is 4.74 Å². The number of ether oxygens (including phenoxy) is 1. The average Bonchev–Trinajstić information content (AvgIpc) is 2.47. The van der Waals surface area contributed by atoms with Crippen molar-refractivity contribution in [2.24, 2.45) is 0 Å². The summed E-state index contributed by atoms with van der Waals surface area (Å²) < 4.78 is 10.7. The summed E-state index contributed by atoms with van der Waals surface area (Å²) in [5.41, 5.74) is 1.05. The highest BCUT2D eigenvalue weighted by molar-refractivity contribution is 9.10. The second-order valence-corrected chi connectivity index (χ2v) is 4.00. The summed E-state index contributed by atoms with van der Waals surface area (Å²) in [6, 6.07) is 0. The fourth-order valence-corrected chi connectivity index (χ4v) is 2.14. The molecule has 1 saturated heterocycles. The first-order valence-corrected chi connectivity index (χ1v) is 5.27. The van der Waals surface area contributed by atoms with Crippen molar-refractivity contribution < 1.29 is 9.15 Å². The molecule has 1 aliphatic heterocycles. The SMILES string of the molecule is Cc1oc(Br)nc1C1CCCOC1. The van der Waals surface area contributed by atoms with Gasteiger partial charge in [0.1, 0.15) is 5.76 Å². The number of aryl methyl sites for hydroxylation is 1. The first kappa shape index (κ1) is 9.21. The van der Waals surface area contributed by atoms with Crippen molar-refractivity contribution in [2.45, 2.75) is 25.7 Å². The first-order chi connectivity index (χ1) is 6.27. The van der Waals surface area contributed by atoms with Crippen molar-refractivity contribution in [2.75, 3.05) is 13.2 Å². The van der Waals surface area contributed by atoms with Crippen LogP contribution >= 0.6 is 15.9 Å². The van der Waals surface area contributed by atoms with Crippen LogP contribution in [0.5, 0.6) is 0 Å². The summed E-state index contributed by atoms with van der Waals surface area (Å²) in [5, 5.41) is 0. The van der Waals surface area contributed by atoms with Gasteiger partial charge in [-0.1, -0.05) is 0 Å². The minimum Gasteiger partial charge on any atom is -0.436 e. The fourth-order valence-electron chi connectivity index (χ4n) is 1.71. The Morgan fingerprint density at radius 1 is 1.54 bits per heavy atom. The number of aromatic nitrogens is 1. The minimum absolute atomic E-state index is 0.420. The fraction of sp³-hybridized carbons (Fsp3) is 0.667.